The van der Waals surface area contributed by atoms with Gasteiger partial charge in [0.15, 0.2) is 0 Å². The summed E-state index contributed by atoms with van der Waals surface area (Å²) in [6.45, 7) is 8.08. The van der Waals surface area contributed by atoms with Crippen LogP contribution in [0, 0.1) is 0 Å². The maximum atomic E-state index is 11.6. The Bertz CT molecular complexity index is 275. The first-order valence-electron chi connectivity index (χ1n) is 10.2. The lowest BCUT2D eigenvalue weighted by Gasteiger charge is -2.18. The molecule has 0 saturated heterocycles. The molecule has 0 aromatic rings. The average molecular weight is 324 g/mol. The van der Waals surface area contributed by atoms with Crippen molar-refractivity contribution in [1.29, 1.82) is 0 Å². The molecule has 0 aliphatic heterocycles. The van der Waals surface area contributed by atoms with Crippen molar-refractivity contribution >= 4 is 5.91 Å². The molecular formula is C21H41NO. The van der Waals surface area contributed by atoms with E-state index >= 15 is 0 Å². The van der Waals surface area contributed by atoms with Crippen molar-refractivity contribution in [1.82, 2.24) is 5.32 Å². The molecule has 2 heteroatoms. The van der Waals surface area contributed by atoms with Crippen molar-refractivity contribution < 1.29 is 4.79 Å². The fraction of sp³-hybridized carbons (Fsp3) is 0.857. The van der Waals surface area contributed by atoms with Crippen molar-refractivity contribution in [3.63, 3.8) is 0 Å². The minimum atomic E-state index is -0.0103. The number of nitrogens with one attached hydrogen (secondary N) is 1. The summed E-state index contributed by atoms with van der Waals surface area (Å²) in [6.07, 6.45) is 20.9. The van der Waals surface area contributed by atoms with E-state index in [-0.39, 0.29) is 5.91 Å². The Hall–Kier alpha value is -0.790. The van der Waals surface area contributed by atoms with Crippen LogP contribution in [-0.4, -0.2) is 11.9 Å². The van der Waals surface area contributed by atoms with Crippen LogP contribution in [0.1, 0.15) is 110 Å². The van der Waals surface area contributed by atoms with E-state index in [1.165, 1.54) is 89.5 Å². The molecule has 2 nitrogen and oxygen atoms in total. The maximum absolute atomic E-state index is 11.6. The van der Waals surface area contributed by atoms with Crippen LogP contribution in [0.25, 0.3) is 0 Å². The molecule has 0 aromatic heterocycles. The molecule has 1 N–H and O–H groups in total. The second-order valence-corrected chi connectivity index (χ2v) is 6.88. The zero-order valence-corrected chi connectivity index (χ0v) is 15.9. The molecule has 0 bridgehead atoms. The number of unbranched alkanes of at least 4 members (excludes halogenated alkanes) is 11. The normalized spacial score (nSPS) is 12.1. The molecule has 0 aromatic carbocycles. The first kappa shape index (κ1) is 22.2. The van der Waals surface area contributed by atoms with Crippen molar-refractivity contribution in [2.24, 2.45) is 0 Å². The molecule has 0 rings (SSSR count). The van der Waals surface area contributed by atoms with Gasteiger partial charge in [0, 0.05) is 6.04 Å². The third-order valence-electron chi connectivity index (χ3n) is 4.59. The topological polar surface area (TPSA) is 29.1 Å². The van der Waals surface area contributed by atoms with Crippen LogP contribution in [0.2, 0.25) is 0 Å². The van der Waals surface area contributed by atoms with Crippen LogP contribution in [0.5, 0.6) is 0 Å². The Kier molecular flexibility index (Phi) is 17.0. The molecular weight excluding hydrogens is 282 g/mol. The fourth-order valence-corrected chi connectivity index (χ4v) is 3.07. The van der Waals surface area contributed by atoms with Crippen LogP contribution < -0.4 is 5.32 Å². The highest BCUT2D eigenvalue weighted by atomic mass is 16.1. The van der Waals surface area contributed by atoms with Gasteiger partial charge in [-0.1, -0.05) is 104 Å². The van der Waals surface area contributed by atoms with Gasteiger partial charge in [-0.05, 0) is 18.9 Å². The Labute approximate surface area is 145 Å². The van der Waals surface area contributed by atoms with E-state index in [1.54, 1.807) is 0 Å². The van der Waals surface area contributed by atoms with E-state index in [2.05, 4.69) is 25.7 Å². The first-order chi connectivity index (χ1) is 11.2. The average Bonchev–Trinajstić information content (AvgIpc) is 2.56. The smallest absolute Gasteiger partial charge is 0.243 e. The largest absolute Gasteiger partial charge is 0.350 e. The Morgan fingerprint density at radius 1 is 0.783 bits per heavy atom. The van der Waals surface area contributed by atoms with Gasteiger partial charge in [0.1, 0.15) is 0 Å². The summed E-state index contributed by atoms with van der Waals surface area (Å²) < 4.78 is 0. The van der Waals surface area contributed by atoms with Crippen molar-refractivity contribution in [2.45, 2.75) is 116 Å². The minimum Gasteiger partial charge on any atom is -0.350 e. The number of hydrogen-bond donors (Lipinski definition) is 1. The lowest BCUT2D eigenvalue weighted by Crippen LogP contribution is -2.33. The Balaban J connectivity index is 3.77. The molecule has 1 atom stereocenters. The highest BCUT2D eigenvalue weighted by Crippen LogP contribution is 2.14. The molecule has 0 aliphatic carbocycles. The second-order valence-electron chi connectivity index (χ2n) is 6.88. The van der Waals surface area contributed by atoms with Crippen LogP contribution >= 0.6 is 0 Å². The number of carbonyl (C=O) groups is 1. The third kappa shape index (κ3) is 15.9. The van der Waals surface area contributed by atoms with Gasteiger partial charge in [-0.2, -0.15) is 0 Å². The lowest BCUT2D eigenvalue weighted by molar-refractivity contribution is -0.117. The first-order valence-corrected chi connectivity index (χ1v) is 10.2. The van der Waals surface area contributed by atoms with Gasteiger partial charge in [0.2, 0.25) is 5.91 Å². The monoisotopic (exact) mass is 323 g/mol. The molecule has 1 unspecified atom stereocenters. The van der Waals surface area contributed by atoms with E-state index < -0.39 is 0 Å². The zero-order valence-electron chi connectivity index (χ0n) is 15.9. The van der Waals surface area contributed by atoms with Crippen LogP contribution in [0.15, 0.2) is 12.7 Å². The minimum absolute atomic E-state index is 0.0103. The van der Waals surface area contributed by atoms with E-state index in [9.17, 15) is 4.79 Å². The molecule has 136 valence electrons. The van der Waals surface area contributed by atoms with Gasteiger partial charge < -0.3 is 5.32 Å². The molecule has 0 spiro atoms. The number of hydrogen-bond acceptors (Lipinski definition) is 1. The molecule has 0 fully saturated rings. The second kappa shape index (κ2) is 17.6. The summed E-state index contributed by atoms with van der Waals surface area (Å²) in [7, 11) is 0. The van der Waals surface area contributed by atoms with Crippen molar-refractivity contribution in [3.05, 3.63) is 12.7 Å². The predicted octanol–water partition coefficient (Wildman–Crippen LogP) is 6.55. The summed E-state index contributed by atoms with van der Waals surface area (Å²) in [5.74, 6) is -0.0103. The number of amides is 1. The van der Waals surface area contributed by atoms with Gasteiger partial charge in [0.05, 0.1) is 0 Å². The van der Waals surface area contributed by atoms with Crippen molar-refractivity contribution in [2.75, 3.05) is 0 Å². The summed E-state index contributed by atoms with van der Waals surface area (Å²) in [6, 6.07) is 0.349. The molecule has 23 heavy (non-hydrogen) atoms. The van der Waals surface area contributed by atoms with Crippen LogP contribution in [-0.2, 0) is 4.79 Å². The predicted molar refractivity (Wildman–Crippen MR) is 103 cm³/mol. The van der Waals surface area contributed by atoms with E-state index in [4.69, 9.17) is 0 Å². The summed E-state index contributed by atoms with van der Waals surface area (Å²) >= 11 is 0. The van der Waals surface area contributed by atoms with Gasteiger partial charge in [0.25, 0.3) is 0 Å². The van der Waals surface area contributed by atoms with Gasteiger partial charge >= 0.3 is 0 Å². The molecule has 1 amide bonds. The van der Waals surface area contributed by atoms with E-state index in [1.807, 2.05) is 0 Å². The lowest BCUT2D eigenvalue weighted by atomic mass is 10.00. The number of carbonyl (C=O) groups excluding carboxylic acids is 1. The molecule has 0 radical (unpaired) electrons. The van der Waals surface area contributed by atoms with Gasteiger partial charge in [-0.3, -0.25) is 4.79 Å². The standard InChI is InChI=1S/C21H41NO/c1-4-7-9-11-13-15-17-19-20(22-21(23)6-3)18-16-14-12-10-8-5-2/h6,20H,3-5,7-19H2,1-2H3,(H,22,23). The quantitative estimate of drug-likeness (QED) is 0.239. The van der Waals surface area contributed by atoms with Crippen LogP contribution in [0.3, 0.4) is 0 Å². The Morgan fingerprint density at radius 2 is 1.17 bits per heavy atom. The molecule has 0 heterocycles. The molecule has 0 saturated carbocycles. The number of rotatable bonds is 17. The zero-order chi connectivity index (χ0) is 17.2. The SMILES string of the molecule is C=CC(=O)NC(CCCCCCCC)CCCCCCCCC. The summed E-state index contributed by atoms with van der Waals surface area (Å²) in [5, 5.41) is 3.12. The van der Waals surface area contributed by atoms with Crippen molar-refractivity contribution in [3.8, 4) is 0 Å². The Morgan fingerprint density at radius 3 is 1.57 bits per heavy atom. The highest BCUT2D eigenvalue weighted by Gasteiger charge is 2.10. The van der Waals surface area contributed by atoms with Crippen LogP contribution in [0.4, 0.5) is 0 Å². The van der Waals surface area contributed by atoms with Gasteiger partial charge in [-0.25, -0.2) is 0 Å². The summed E-state index contributed by atoms with van der Waals surface area (Å²) in [4.78, 5) is 11.6. The summed E-state index contributed by atoms with van der Waals surface area (Å²) in [5.41, 5.74) is 0. The maximum Gasteiger partial charge on any atom is 0.243 e. The van der Waals surface area contributed by atoms with E-state index in [0.717, 1.165) is 12.8 Å². The molecule has 0 aliphatic rings. The van der Waals surface area contributed by atoms with Gasteiger partial charge in [-0.15, -0.1) is 0 Å². The fourth-order valence-electron chi connectivity index (χ4n) is 3.07. The third-order valence-corrected chi connectivity index (χ3v) is 4.59. The van der Waals surface area contributed by atoms with E-state index in [0.29, 0.717) is 6.04 Å². The highest BCUT2D eigenvalue weighted by molar-refractivity contribution is 5.87.